The molecule has 3 rings (SSSR count). The lowest BCUT2D eigenvalue weighted by Crippen LogP contribution is -2.41. The van der Waals surface area contributed by atoms with Gasteiger partial charge in [0.25, 0.3) is 27.5 Å². The maximum atomic E-state index is 12.7. The Morgan fingerprint density at radius 2 is 1.58 bits per heavy atom. The zero-order valence-electron chi connectivity index (χ0n) is 17.4. The van der Waals surface area contributed by atoms with E-state index in [9.17, 15) is 28.1 Å². The number of nitrogens with one attached hydrogen (secondary N) is 3. The van der Waals surface area contributed by atoms with Crippen LogP contribution < -0.4 is 15.6 Å². The number of anilines is 1. The lowest BCUT2D eigenvalue weighted by atomic mass is 10.1. The largest absolute Gasteiger partial charge is 0.279 e. The number of aryl methyl sites for hydroxylation is 1. The molecule has 0 aliphatic heterocycles. The van der Waals surface area contributed by atoms with Crippen LogP contribution in [0.4, 0.5) is 11.4 Å². The van der Waals surface area contributed by atoms with Crippen molar-refractivity contribution < 1.29 is 22.9 Å². The number of hydrazine groups is 1. The van der Waals surface area contributed by atoms with Crippen LogP contribution in [0.15, 0.2) is 77.7 Å². The standard InChI is InChI=1S/C22H20N4O6S/c1-2-15-10-12-16(13-11-15)21(27)23-24-22(28)19-8-3-4-9-20(19)25-33(31,32)18-7-5-6-17(14-18)26(29)30/h3-14,25H,2H2,1H3,(H,23,27)(H,24,28). The van der Waals surface area contributed by atoms with E-state index in [1.165, 1.54) is 42.5 Å². The highest BCUT2D eigenvalue weighted by molar-refractivity contribution is 7.92. The van der Waals surface area contributed by atoms with Gasteiger partial charge in [0.05, 0.1) is 21.1 Å². The molecule has 11 heteroatoms. The number of hydrogen-bond donors (Lipinski definition) is 3. The van der Waals surface area contributed by atoms with Gasteiger partial charge >= 0.3 is 0 Å². The zero-order chi connectivity index (χ0) is 24.0. The number of benzene rings is 3. The van der Waals surface area contributed by atoms with Crippen molar-refractivity contribution in [2.24, 2.45) is 0 Å². The molecule has 0 aromatic heterocycles. The first kappa shape index (κ1) is 23.4. The van der Waals surface area contributed by atoms with Crippen LogP contribution in [0, 0.1) is 10.1 Å². The van der Waals surface area contributed by atoms with Gasteiger partial charge in [-0.1, -0.05) is 37.3 Å². The fourth-order valence-electron chi connectivity index (χ4n) is 2.88. The number of non-ortho nitro benzene ring substituents is 1. The molecule has 0 aliphatic carbocycles. The van der Waals surface area contributed by atoms with Crippen molar-refractivity contribution in [2.45, 2.75) is 18.2 Å². The normalized spacial score (nSPS) is 10.8. The quantitative estimate of drug-likeness (QED) is 0.359. The van der Waals surface area contributed by atoms with Gasteiger partial charge in [-0.15, -0.1) is 0 Å². The monoisotopic (exact) mass is 468 g/mol. The second-order valence-corrected chi connectivity index (χ2v) is 8.55. The molecule has 0 heterocycles. The SMILES string of the molecule is CCc1ccc(C(=O)NNC(=O)c2ccccc2NS(=O)(=O)c2cccc([N+](=O)[O-])c2)cc1. The molecular formula is C22H20N4O6S. The van der Waals surface area contributed by atoms with Gasteiger partial charge in [-0.05, 0) is 42.3 Å². The first-order valence-electron chi connectivity index (χ1n) is 9.77. The van der Waals surface area contributed by atoms with Gasteiger partial charge in [-0.2, -0.15) is 0 Å². The topological polar surface area (TPSA) is 148 Å². The number of carbonyl (C=O) groups is 2. The molecule has 2 amide bonds. The summed E-state index contributed by atoms with van der Waals surface area (Å²) in [6, 6.07) is 17.1. The lowest BCUT2D eigenvalue weighted by Gasteiger charge is -2.13. The minimum absolute atomic E-state index is 0.0619. The van der Waals surface area contributed by atoms with E-state index in [-0.39, 0.29) is 16.1 Å². The maximum Gasteiger partial charge on any atom is 0.271 e. The van der Waals surface area contributed by atoms with E-state index in [1.807, 2.05) is 6.92 Å². The summed E-state index contributed by atoms with van der Waals surface area (Å²) in [7, 11) is -4.23. The molecule has 3 N–H and O–H groups in total. The van der Waals surface area contributed by atoms with E-state index in [0.717, 1.165) is 18.1 Å². The molecule has 0 atom stereocenters. The van der Waals surface area contributed by atoms with E-state index in [1.54, 1.807) is 24.3 Å². The van der Waals surface area contributed by atoms with Crippen LogP contribution in [0.5, 0.6) is 0 Å². The Morgan fingerprint density at radius 1 is 0.909 bits per heavy atom. The molecule has 0 spiro atoms. The zero-order valence-corrected chi connectivity index (χ0v) is 18.3. The maximum absolute atomic E-state index is 12.7. The summed E-state index contributed by atoms with van der Waals surface area (Å²) < 4.78 is 27.7. The van der Waals surface area contributed by atoms with Crippen LogP contribution in [-0.2, 0) is 16.4 Å². The number of para-hydroxylation sites is 1. The van der Waals surface area contributed by atoms with Crippen molar-refractivity contribution in [3.63, 3.8) is 0 Å². The second kappa shape index (κ2) is 9.92. The van der Waals surface area contributed by atoms with E-state index in [2.05, 4.69) is 15.6 Å². The second-order valence-electron chi connectivity index (χ2n) is 6.86. The average Bonchev–Trinajstić information content (AvgIpc) is 2.82. The van der Waals surface area contributed by atoms with Gasteiger partial charge in [-0.3, -0.25) is 35.3 Å². The van der Waals surface area contributed by atoms with Crippen molar-refractivity contribution in [2.75, 3.05) is 4.72 Å². The molecule has 0 bridgehead atoms. The highest BCUT2D eigenvalue weighted by atomic mass is 32.2. The van der Waals surface area contributed by atoms with Gasteiger partial charge in [0.2, 0.25) is 0 Å². The summed E-state index contributed by atoms with van der Waals surface area (Å²) in [6.45, 7) is 1.99. The van der Waals surface area contributed by atoms with Crippen LogP contribution in [0.2, 0.25) is 0 Å². The van der Waals surface area contributed by atoms with Crippen LogP contribution in [0.3, 0.4) is 0 Å². The highest BCUT2D eigenvalue weighted by Crippen LogP contribution is 2.22. The first-order chi connectivity index (χ1) is 15.7. The number of nitro benzene ring substituents is 1. The third kappa shape index (κ3) is 5.71. The molecule has 0 fully saturated rings. The third-order valence-corrected chi connectivity index (χ3v) is 6.03. The van der Waals surface area contributed by atoms with Gasteiger partial charge in [-0.25, -0.2) is 8.42 Å². The molecule has 3 aromatic rings. The van der Waals surface area contributed by atoms with Gasteiger partial charge in [0.15, 0.2) is 0 Å². The van der Waals surface area contributed by atoms with E-state index in [0.29, 0.717) is 5.56 Å². The molecule has 0 aliphatic rings. The van der Waals surface area contributed by atoms with Crippen molar-refractivity contribution >= 4 is 33.2 Å². The molecule has 0 saturated carbocycles. The number of nitrogens with zero attached hydrogens (tertiary/aromatic N) is 1. The molecular weight excluding hydrogens is 448 g/mol. The first-order valence-corrected chi connectivity index (χ1v) is 11.3. The average molecular weight is 468 g/mol. The smallest absolute Gasteiger partial charge is 0.271 e. The molecule has 0 saturated heterocycles. The molecule has 170 valence electrons. The predicted molar refractivity (Wildman–Crippen MR) is 121 cm³/mol. The highest BCUT2D eigenvalue weighted by Gasteiger charge is 2.21. The van der Waals surface area contributed by atoms with E-state index >= 15 is 0 Å². The summed E-state index contributed by atoms with van der Waals surface area (Å²) in [4.78, 5) is 34.8. The molecule has 3 aromatic carbocycles. The van der Waals surface area contributed by atoms with Gasteiger partial charge in [0.1, 0.15) is 0 Å². The Balaban J connectivity index is 1.75. The summed E-state index contributed by atoms with van der Waals surface area (Å²) in [5.74, 6) is -1.30. The van der Waals surface area contributed by atoms with E-state index in [4.69, 9.17) is 0 Å². The van der Waals surface area contributed by atoms with Crippen molar-refractivity contribution in [1.82, 2.24) is 10.9 Å². The Morgan fingerprint density at radius 3 is 2.24 bits per heavy atom. The molecule has 10 nitrogen and oxygen atoms in total. The summed E-state index contributed by atoms with van der Waals surface area (Å²) in [5.41, 5.74) is 5.42. The minimum atomic E-state index is -4.23. The molecule has 0 unspecified atom stereocenters. The van der Waals surface area contributed by atoms with Crippen molar-refractivity contribution in [1.29, 1.82) is 0 Å². The lowest BCUT2D eigenvalue weighted by molar-refractivity contribution is -0.385. The Kier molecular flexibility index (Phi) is 7.04. The number of nitro groups is 1. The Labute approximate surface area is 189 Å². The van der Waals surface area contributed by atoms with Crippen molar-refractivity contribution in [3.05, 3.63) is 99.6 Å². The van der Waals surface area contributed by atoms with Crippen LogP contribution in [-0.4, -0.2) is 25.2 Å². The number of hydrogen-bond acceptors (Lipinski definition) is 6. The van der Waals surface area contributed by atoms with Gasteiger partial charge in [0, 0.05) is 17.7 Å². The summed E-state index contributed by atoms with van der Waals surface area (Å²) >= 11 is 0. The summed E-state index contributed by atoms with van der Waals surface area (Å²) in [5, 5.41) is 10.9. The number of carbonyl (C=O) groups excluding carboxylic acids is 2. The minimum Gasteiger partial charge on any atom is -0.279 e. The number of rotatable bonds is 7. The van der Waals surface area contributed by atoms with E-state index < -0.39 is 32.4 Å². The third-order valence-electron chi connectivity index (χ3n) is 4.67. The fraction of sp³-hybridized carbons (Fsp3) is 0.0909. The van der Waals surface area contributed by atoms with Crippen LogP contribution >= 0.6 is 0 Å². The Hall–Kier alpha value is -4.25. The van der Waals surface area contributed by atoms with Gasteiger partial charge < -0.3 is 0 Å². The summed E-state index contributed by atoms with van der Waals surface area (Å²) in [6.07, 6.45) is 0.821. The number of sulfonamides is 1. The predicted octanol–water partition coefficient (Wildman–Crippen LogP) is 3.03. The molecule has 33 heavy (non-hydrogen) atoms. The van der Waals surface area contributed by atoms with Crippen LogP contribution in [0.1, 0.15) is 33.2 Å². The fourth-order valence-corrected chi connectivity index (χ4v) is 4.00. The van der Waals surface area contributed by atoms with Crippen LogP contribution in [0.25, 0.3) is 0 Å². The number of amides is 2. The Bertz CT molecular complexity index is 1310. The molecule has 0 radical (unpaired) electrons. The van der Waals surface area contributed by atoms with Crippen molar-refractivity contribution in [3.8, 4) is 0 Å².